The molecule has 126 valence electrons. The summed E-state index contributed by atoms with van der Waals surface area (Å²) in [6.45, 7) is 5.74. The number of amides is 2. The van der Waals surface area contributed by atoms with Crippen molar-refractivity contribution in [2.75, 3.05) is 0 Å². The molecule has 1 atom stereocenters. The van der Waals surface area contributed by atoms with Gasteiger partial charge in [-0.1, -0.05) is 25.1 Å². The van der Waals surface area contributed by atoms with Crippen LogP contribution in [0.5, 0.6) is 0 Å². The van der Waals surface area contributed by atoms with Gasteiger partial charge in [0.05, 0.1) is 6.26 Å². The fourth-order valence-corrected chi connectivity index (χ4v) is 2.09. The molecule has 5 heteroatoms. The zero-order chi connectivity index (χ0) is 17.5. The summed E-state index contributed by atoms with van der Waals surface area (Å²) in [5.41, 5.74) is 1.52. The number of carbonyl (C=O) groups excluding carboxylic acids is 2. The number of nitrogens with one attached hydrogen (secondary N) is 2. The van der Waals surface area contributed by atoms with Crippen LogP contribution in [0.25, 0.3) is 6.08 Å². The van der Waals surface area contributed by atoms with Crippen LogP contribution in [0, 0.1) is 6.92 Å². The van der Waals surface area contributed by atoms with E-state index in [1.807, 2.05) is 32.9 Å². The molecule has 0 aliphatic heterocycles. The predicted octanol–water partition coefficient (Wildman–Crippen LogP) is 3.27. The molecule has 5 nitrogen and oxygen atoms in total. The van der Waals surface area contributed by atoms with Crippen LogP contribution in [0.1, 0.15) is 41.9 Å². The van der Waals surface area contributed by atoms with Crippen LogP contribution in [-0.4, -0.2) is 17.9 Å². The maximum absolute atomic E-state index is 12.5. The van der Waals surface area contributed by atoms with E-state index in [9.17, 15) is 9.59 Å². The minimum atomic E-state index is -0.345. The molecule has 0 spiro atoms. The summed E-state index contributed by atoms with van der Waals surface area (Å²) in [5, 5.41) is 5.54. The molecule has 24 heavy (non-hydrogen) atoms. The Bertz CT molecular complexity index is 733. The van der Waals surface area contributed by atoms with Gasteiger partial charge in [0, 0.05) is 17.7 Å². The smallest absolute Gasteiger partial charge is 0.268 e. The molecule has 2 N–H and O–H groups in total. The van der Waals surface area contributed by atoms with E-state index in [4.69, 9.17) is 4.42 Å². The van der Waals surface area contributed by atoms with Crippen molar-refractivity contribution in [3.05, 3.63) is 65.2 Å². The van der Waals surface area contributed by atoms with Crippen molar-refractivity contribution in [2.45, 2.75) is 33.2 Å². The molecule has 0 radical (unpaired) electrons. The van der Waals surface area contributed by atoms with E-state index in [1.54, 1.807) is 24.3 Å². The van der Waals surface area contributed by atoms with Gasteiger partial charge in [0.2, 0.25) is 0 Å². The summed E-state index contributed by atoms with van der Waals surface area (Å²) in [6, 6.07) is 10.7. The summed E-state index contributed by atoms with van der Waals surface area (Å²) in [4.78, 5) is 25.0. The third-order valence-corrected chi connectivity index (χ3v) is 3.70. The third kappa shape index (κ3) is 4.59. The van der Waals surface area contributed by atoms with Crippen molar-refractivity contribution < 1.29 is 14.0 Å². The number of rotatable bonds is 6. The molecule has 0 bridgehead atoms. The van der Waals surface area contributed by atoms with Crippen LogP contribution >= 0.6 is 0 Å². The molecule has 0 saturated carbocycles. The lowest BCUT2D eigenvalue weighted by Crippen LogP contribution is -2.39. The van der Waals surface area contributed by atoms with Gasteiger partial charge >= 0.3 is 0 Å². The van der Waals surface area contributed by atoms with Crippen molar-refractivity contribution >= 4 is 17.9 Å². The van der Waals surface area contributed by atoms with Gasteiger partial charge in [-0.25, -0.2) is 0 Å². The van der Waals surface area contributed by atoms with Crippen LogP contribution in [0.4, 0.5) is 0 Å². The SMILES string of the molecule is CC[C@@H](C)NC(=O)/C(=C/c1ccco1)NC(=O)c1ccccc1C. The molecule has 0 fully saturated rings. The molecule has 2 rings (SSSR count). The van der Waals surface area contributed by atoms with Gasteiger partial charge in [0.1, 0.15) is 11.5 Å². The molecule has 0 saturated heterocycles. The van der Waals surface area contributed by atoms with Gasteiger partial charge in [-0.05, 0) is 44.0 Å². The normalized spacial score (nSPS) is 12.5. The van der Waals surface area contributed by atoms with E-state index in [-0.39, 0.29) is 23.6 Å². The summed E-state index contributed by atoms with van der Waals surface area (Å²) < 4.78 is 5.25. The lowest BCUT2D eigenvalue weighted by atomic mass is 10.1. The zero-order valence-corrected chi connectivity index (χ0v) is 14.1. The Hall–Kier alpha value is -2.82. The fourth-order valence-electron chi connectivity index (χ4n) is 2.09. The van der Waals surface area contributed by atoms with Crippen molar-refractivity contribution in [1.82, 2.24) is 10.6 Å². The van der Waals surface area contributed by atoms with Gasteiger partial charge in [0.15, 0.2) is 0 Å². The average molecular weight is 326 g/mol. The molecule has 0 unspecified atom stereocenters. The van der Waals surface area contributed by atoms with Crippen molar-refractivity contribution in [3.63, 3.8) is 0 Å². The Morgan fingerprint density at radius 3 is 2.58 bits per heavy atom. The first-order chi connectivity index (χ1) is 11.5. The van der Waals surface area contributed by atoms with E-state index in [0.717, 1.165) is 12.0 Å². The number of aryl methyl sites for hydroxylation is 1. The van der Waals surface area contributed by atoms with Crippen molar-refractivity contribution in [3.8, 4) is 0 Å². The molecule has 1 heterocycles. The van der Waals surface area contributed by atoms with Gasteiger partial charge in [-0.3, -0.25) is 9.59 Å². The molecule has 0 aliphatic carbocycles. The predicted molar refractivity (Wildman–Crippen MR) is 93.2 cm³/mol. The van der Waals surface area contributed by atoms with E-state index in [0.29, 0.717) is 11.3 Å². The fraction of sp³-hybridized carbons (Fsp3) is 0.263. The summed E-state index contributed by atoms with van der Waals surface area (Å²) in [7, 11) is 0. The Labute approximate surface area is 141 Å². The number of hydrogen-bond acceptors (Lipinski definition) is 3. The van der Waals surface area contributed by atoms with Gasteiger partial charge < -0.3 is 15.1 Å². The number of carbonyl (C=O) groups is 2. The second kappa shape index (κ2) is 8.15. The number of benzene rings is 1. The summed E-state index contributed by atoms with van der Waals surface area (Å²) in [5.74, 6) is -0.178. The first kappa shape index (κ1) is 17.5. The topological polar surface area (TPSA) is 71.3 Å². The Kier molecular flexibility index (Phi) is 5.95. The van der Waals surface area contributed by atoms with Gasteiger partial charge in [-0.15, -0.1) is 0 Å². The maximum Gasteiger partial charge on any atom is 0.268 e. The van der Waals surface area contributed by atoms with E-state index >= 15 is 0 Å². The Balaban J connectivity index is 2.24. The van der Waals surface area contributed by atoms with Crippen LogP contribution in [-0.2, 0) is 4.79 Å². The van der Waals surface area contributed by atoms with Gasteiger partial charge in [-0.2, -0.15) is 0 Å². The highest BCUT2D eigenvalue weighted by Gasteiger charge is 2.17. The highest BCUT2D eigenvalue weighted by Crippen LogP contribution is 2.10. The van der Waals surface area contributed by atoms with E-state index in [1.165, 1.54) is 12.3 Å². The number of furan rings is 1. The molecule has 1 aromatic carbocycles. The first-order valence-corrected chi connectivity index (χ1v) is 7.94. The minimum Gasteiger partial charge on any atom is -0.465 e. The highest BCUT2D eigenvalue weighted by atomic mass is 16.3. The Morgan fingerprint density at radius 2 is 1.96 bits per heavy atom. The lowest BCUT2D eigenvalue weighted by molar-refractivity contribution is -0.118. The molecular weight excluding hydrogens is 304 g/mol. The first-order valence-electron chi connectivity index (χ1n) is 7.94. The van der Waals surface area contributed by atoms with Crippen LogP contribution in [0.2, 0.25) is 0 Å². The summed E-state index contributed by atoms with van der Waals surface area (Å²) >= 11 is 0. The standard InChI is InChI=1S/C19H22N2O3/c1-4-14(3)20-19(23)17(12-15-9-7-11-24-15)21-18(22)16-10-6-5-8-13(16)2/h5-12,14H,4H2,1-3H3,(H,20,23)(H,21,22)/b17-12-/t14-/m1/s1. The molecule has 2 amide bonds. The zero-order valence-electron chi connectivity index (χ0n) is 14.1. The molecular formula is C19H22N2O3. The summed E-state index contributed by atoms with van der Waals surface area (Å²) in [6.07, 6.45) is 3.83. The van der Waals surface area contributed by atoms with Gasteiger partial charge in [0.25, 0.3) is 11.8 Å². The average Bonchev–Trinajstić information content (AvgIpc) is 3.07. The van der Waals surface area contributed by atoms with E-state index in [2.05, 4.69) is 10.6 Å². The van der Waals surface area contributed by atoms with E-state index < -0.39 is 0 Å². The maximum atomic E-state index is 12.5. The lowest BCUT2D eigenvalue weighted by Gasteiger charge is -2.15. The van der Waals surface area contributed by atoms with Crippen LogP contribution in [0.15, 0.2) is 52.8 Å². The molecule has 1 aromatic heterocycles. The molecule has 0 aliphatic rings. The second-order valence-corrected chi connectivity index (χ2v) is 5.63. The third-order valence-electron chi connectivity index (χ3n) is 3.70. The van der Waals surface area contributed by atoms with Crippen LogP contribution in [0.3, 0.4) is 0 Å². The Morgan fingerprint density at radius 1 is 1.21 bits per heavy atom. The quantitative estimate of drug-likeness (QED) is 0.800. The largest absolute Gasteiger partial charge is 0.465 e. The number of hydrogen-bond donors (Lipinski definition) is 2. The van der Waals surface area contributed by atoms with Crippen LogP contribution < -0.4 is 10.6 Å². The molecule has 2 aromatic rings. The van der Waals surface area contributed by atoms with Crippen molar-refractivity contribution in [2.24, 2.45) is 0 Å². The monoisotopic (exact) mass is 326 g/mol. The highest BCUT2D eigenvalue weighted by molar-refractivity contribution is 6.05. The minimum absolute atomic E-state index is 0.00728. The second-order valence-electron chi connectivity index (χ2n) is 5.63. The van der Waals surface area contributed by atoms with Crippen molar-refractivity contribution in [1.29, 1.82) is 0 Å².